The summed E-state index contributed by atoms with van der Waals surface area (Å²) in [6, 6.07) is 4.14. The summed E-state index contributed by atoms with van der Waals surface area (Å²) in [5.74, 6) is -1.15. The van der Waals surface area contributed by atoms with Crippen molar-refractivity contribution < 1.29 is 18.7 Å². The highest BCUT2D eigenvalue weighted by atomic mass is 19.1. The van der Waals surface area contributed by atoms with E-state index in [0.29, 0.717) is 0 Å². The molecule has 6 heteroatoms. The van der Waals surface area contributed by atoms with E-state index in [4.69, 9.17) is 9.47 Å². The smallest absolute Gasteiger partial charge is 0.243 e. The molecule has 0 saturated heterocycles. The minimum absolute atomic E-state index is 0.0396. The first-order valence-corrected chi connectivity index (χ1v) is 5.41. The normalized spacial score (nSPS) is 10.1. The number of benzene rings is 1. The number of hydrogen-bond donors (Lipinski definition) is 0. The van der Waals surface area contributed by atoms with Crippen LogP contribution in [-0.2, 0) is 0 Å². The largest absolute Gasteiger partial charge is 0.496 e. The van der Waals surface area contributed by atoms with E-state index in [0.717, 1.165) is 0 Å². The Hall–Kier alpha value is -2.50. The van der Waals surface area contributed by atoms with E-state index in [9.17, 15) is 9.18 Å². The molecule has 0 fully saturated rings. The molecule has 2 rings (SSSR count). The molecule has 19 heavy (non-hydrogen) atoms. The zero-order valence-electron chi connectivity index (χ0n) is 10.4. The van der Waals surface area contributed by atoms with Gasteiger partial charge in [0.2, 0.25) is 11.7 Å². The lowest BCUT2D eigenvalue weighted by Gasteiger charge is -2.09. The molecule has 2 aromatic rings. The summed E-state index contributed by atoms with van der Waals surface area (Å²) in [4.78, 5) is 20.1. The van der Waals surface area contributed by atoms with Gasteiger partial charge in [-0.15, -0.1) is 0 Å². The van der Waals surface area contributed by atoms with E-state index in [1.54, 1.807) is 0 Å². The number of halogens is 1. The average molecular weight is 262 g/mol. The molecule has 1 aromatic heterocycles. The second-order valence-corrected chi connectivity index (χ2v) is 3.56. The first kappa shape index (κ1) is 12.9. The van der Waals surface area contributed by atoms with Gasteiger partial charge < -0.3 is 9.47 Å². The lowest BCUT2D eigenvalue weighted by atomic mass is 10.1. The van der Waals surface area contributed by atoms with Gasteiger partial charge in [0.25, 0.3) is 0 Å². The summed E-state index contributed by atoms with van der Waals surface area (Å²) in [6.45, 7) is 0. The van der Waals surface area contributed by atoms with Crippen molar-refractivity contribution in [1.29, 1.82) is 0 Å². The summed E-state index contributed by atoms with van der Waals surface area (Å²) in [5, 5.41) is 0. The predicted molar refractivity (Wildman–Crippen MR) is 65.0 cm³/mol. The molecule has 0 amide bonds. The summed E-state index contributed by atoms with van der Waals surface area (Å²) in [7, 11) is 2.72. The predicted octanol–water partition coefficient (Wildman–Crippen LogP) is 1.86. The van der Waals surface area contributed by atoms with Gasteiger partial charge in [0.05, 0.1) is 14.2 Å². The first-order chi connectivity index (χ1) is 9.19. The lowest BCUT2D eigenvalue weighted by molar-refractivity contribution is 0.102. The van der Waals surface area contributed by atoms with Gasteiger partial charge in [0.15, 0.2) is 5.69 Å². The second kappa shape index (κ2) is 5.43. The van der Waals surface area contributed by atoms with Crippen LogP contribution in [0, 0.1) is 5.82 Å². The molecule has 1 aromatic carbocycles. The van der Waals surface area contributed by atoms with Crippen molar-refractivity contribution in [2.45, 2.75) is 0 Å². The molecular weight excluding hydrogens is 251 g/mol. The molecule has 0 aliphatic rings. The minimum Gasteiger partial charge on any atom is -0.496 e. The third kappa shape index (κ3) is 2.37. The van der Waals surface area contributed by atoms with Gasteiger partial charge in [0, 0.05) is 12.4 Å². The van der Waals surface area contributed by atoms with Gasteiger partial charge in [-0.1, -0.05) is 6.07 Å². The van der Waals surface area contributed by atoms with Crippen LogP contribution in [0.2, 0.25) is 0 Å². The van der Waals surface area contributed by atoms with Crippen LogP contribution in [0.3, 0.4) is 0 Å². The fourth-order valence-electron chi connectivity index (χ4n) is 1.64. The monoisotopic (exact) mass is 262 g/mol. The van der Waals surface area contributed by atoms with E-state index in [-0.39, 0.29) is 22.9 Å². The summed E-state index contributed by atoms with van der Waals surface area (Å²) in [6.07, 6.45) is 2.72. The van der Waals surface area contributed by atoms with Gasteiger partial charge >= 0.3 is 0 Å². The van der Waals surface area contributed by atoms with E-state index in [2.05, 4.69) is 9.97 Å². The third-order valence-electron chi connectivity index (χ3n) is 2.50. The van der Waals surface area contributed by atoms with E-state index < -0.39 is 11.6 Å². The van der Waals surface area contributed by atoms with Gasteiger partial charge in [-0.3, -0.25) is 4.79 Å². The number of aromatic nitrogens is 2. The Labute approximate surface area is 109 Å². The number of rotatable bonds is 4. The van der Waals surface area contributed by atoms with Crippen LogP contribution < -0.4 is 9.47 Å². The Balaban J connectivity index is 2.56. The molecular formula is C13H11FN2O3. The van der Waals surface area contributed by atoms with Crippen LogP contribution >= 0.6 is 0 Å². The van der Waals surface area contributed by atoms with E-state index in [1.807, 2.05) is 0 Å². The van der Waals surface area contributed by atoms with E-state index in [1.165, 1.54) is 44.8 Å². The molecule has 0 unspecified atom stereocenters. The highest BCUT2D eigenvalue weighted by Crippen LogP contribution is 2.26. The second-order valence-electron chi connectivity index (χ2n) is 3.56. The standard InChI is InChI=1S/C13H11FN2O3/c1-18-9-5-3-4-8(14)10(9)12(17)11-13(19-2)16-7-6-15-11/h3-7H,1-2H3. The first-order valence-electron chi connectivity index (χ1n) is 5.41. The Bertz CT molecular complexity index is 617. The molecule has 0 aliphatic carbocycles. The van der Waals surface area contributed by atoms with Crippen molar-refractivity contribution in [3.63, 3.8) is 0 Å². The van der Waals surface area contributed by atoms with E-state index >= 15 is 0 Å². The van der Waals surface area contributed by atoms with Crippen molar-refractivity contribution in [2.75, 3.05) is 14.2 Å². The maximum atomic E-state index is 13.8. The Morgan fingerprint density at radius 2 is 1.89 bits per heavy atom. The lowest BCUT2D eigenvalue weighted by Crippen LogP contribution is -2.11. The number of carbonyl (C=O) groups is 1. The Morgan fingerprint density at radius 1 is 1.16 bits per heavy atom. The van der Waals surface area contributed by atoms with Gasteiger partial charge in [-0.25, -0.2) is 14.4 Å². The molecule has 0 N–H and O–H groups in total. The molecule has 0 aliphatic heterocycles. The third-order valence-corrected chi connectivity index (χ3v) is 2.50. The van der Waals surface area contributed by atoms with Crippen LogP contribution in [-0.4, -0.2) is 30.0 Å². The van der Waals surface area contributed by atoms with Gasteiger partial charge in [-0.2, -0.15) is 0 Å². The highest BCUT2D eigenvalue weighted by Gasteiger charge is 2.23. The maximum Gasteiger partial charge on any atom is 0.243 e. The molecule has 0 radical (unpaired) electrons. The molecule has 0 saturated carbocycles. The molecule has 5 nitrogen and oxygen atoms in total. The number of carbonyl (C=O) groups excluding carboxylic acids is 1. The topological polar surface area (TPSA) is 61.3 Å². The van der Waals surface area contributed by atoms with Crippen molar-refractivity contribution in [1.82, 2.24) is 9.97 Å². The quantitative estimate of drug-likeness (QED) is 0.787. The van der Waals surface area contributed by atoms with Crippen molar-refractivity contribution in [3.8, 4) is 11.6 Å². The van der Waals surface area contributed by atoms with Gasteiger partial charge in [-0.05, 0) is 12.1 Å². The van der Waals surface area contributed by atoms with Crippen LogP contribution in [0.1, 0.15) is 16.1 Å². The molecule has 1 heterocycles. The number of nitrogens with zero attached hydrogens (tertiary/aromatic N) is 2. The van der Waals surface area contributed by atoms with Gasteiger partial charge in [0.1, 0.15) is 17.1 Å². The number of ketones is 1. The maximum absolute atomic E-state index is 13.8. The SMILES string of the molecule is COc1cccc(F)c1C(=O)c1nccnc1OC. The molecule has 98 valence electrons. The summed E-state index contributed by atoms with van der Waals surface area (Å²) in [5.41, 5.74) is -0.253. The van der Waals surface area contributed by atoms with Crippen LogP contribution in [0.15, 0.2) is 30.6 Å². The zero-order valence-corrected chi connectivity index (χ0v) is 10.4. The highest BCUT2D eigenvalue weighted by molar-refractivity contribution is 6.10. The number of hydrogen-bond acceptors (Lipinski definition) is 5. The zero-order chi connectivity index (χ0) is 13.8. The number of methoxy groups -OCH3 is 2. The summed E-state index contributed by atoms with van der Waals surface area (Å²) < 4.78 is 23.8. The van der Waals surface area contributed by atoms with Crippen LogP contribution in [0.25, 0.3) is 0 Å². The fraction of sp³-hybridized carbons (Fsp3) is 0.154. The van der Waals surface area contributed by atoms with Crippen LogP contribution in [0.5, 0.6) is 11.6 Å². The number of ether oxygens (including phenoxy) is 2. The van der Waals surface area contributed by atoms with Crippen molar-refractivity contribution in [2.24, 2.45) is 0 Å². The Morgan fingerprint density at radius 3 is 2.58 bits per heavy atom. The summed E-state index contributed by atoms with van der Waals surface area (Å²) >= 11 is 0. The molecule has 0 bridgehead atoms. The minimum atomic E-state index is -0.683. The molecule has 0 atom stereocenters. The Kier molecular flexibility index (Phi) is 3.70. The van der Waals surface area contributed by atoms with Crippen LogP contribution in [0.4, 0.5) is 4.39 Å². The van der Waals surface area contributed by atoms with Crippen molar-refractivity contribution in [3.05, 3.63) is 47.7 Å². The van der Waals surface area contributed by atoms with Crippen molar-refractivity contribution >= 4 is 5.78 Å². The molecule has 0 spiro atoms. The fourth-order valence-corrected chi connectivity index (χ4v) is 1.64. The average Bonchev–Trinajstić information content (AvgIpc) is 2.46.